The van der Waals surface area contributed by atoms with E-state index in [-0.39, 0.29) is 0 Å². The first-order chi connectivity index (χ1) is 10.6. The number of carboxylic acid groups (broad SMARTS) is 1. The first-order valence-corrected chi connectivity index (χ1v) is 7.84. The van der Waals surface area contributed by atoms with Gasteiger partial charge in [0.25, 0.3) is 0 Å². The highest BCUT2D eigenvalue weighted by Gasteiger charge is 2.23. The van der Waals surface area contributed by atoms with Gasteiger partial charge in [0.1, 0.15) is 11.6 Å². The van der Waals surface area contributed by atoms with Gasteiger partial charge in [-0.25, -0.2) is 0 Å². The van der Waals surface area contributed by atoms with Crippen molar-refractivity contribution in [1.29, 1.82) is 0 Å². The fourth-order valence-electron chi connectivity index (χ4n) is 2.71. The fourth-order valence-corrected chi connectivity index (χ4v) is 2.71. The maximum Gasteiger partial charge on any atom is 0.306 e. The van der Waals surface area contributed by atoms with Crippen molar-refractivity contribution in [2.45, 2.75) is 32.6 Å². The van der Waals surface area contributed by atoms with Crippen LogP contribution in [0, 0.1) is 11.8 Å². The van der Waals surface area contributed by atoms with Crippen molar-refractivity contribution in [3.8, 4) is 5.75 Å². The minimum atomic E-state index is -0.780. The number of carbonyl (C=O) groups is 1. The zero-order valence-corrected chi connectivity index (χ0v) is 12.8. The Morgan fingerprint density at radius 1 is 1.50 bits per heavy atom. The second kappa shape index (κ2) is 5.91. The van der Waals surface area contributed by atoms with Crippen LogP contribution in [0.3, 0.4) is 0 Å². The Bertz CT molecular complexity index is 689. The second-order valence-electron chi connectivity index (χ2n) is 6.13. The predicted molar refractivity (Wildman–Crippen MR) is 86.1 cm³/mol. The normalized spacial score (nSPS) is 15.9. The highest BCUT2D eigenvalue weighted by Crippen LogP contribution is 2.33. The van der Waals surface area contributed by atoms with E-state index in [1.54, 1.807) is 0 Å². The Kier molecular flexibility index (Phi) is 3.96. The molecule has 0 amide bonds. The number of hydrogen-bond acceptors (Lipinski definition) is 3. The molecule has 1 saturated carbocycles. The summed E-state index contributed by atoms with van der Waals surface area (Å²) in [7, 11) is 0. The van der Waals surface area contributed by atoms with Crippen molar-refractivity contribution in [3.05, 3.63) is 23.8 Å². The molecule has 5 heteroatoms. The number of nitrogen functional groups attached to an aromatic ring is 1. The van der Waals surface area contributed by atoms with Crippen LogP contribution in [0.1, 0.15) is 31.7 Å². The lowest BCUT2D eigenvalue weighted by Crippen LogP contribution is -2.15. The van der Waals surface area contributed by atoms with Crippen molar-refractivity contribution < 1.29 is 14.6 Å². The lowest BCUT2D eigenvalue weighted by Gasteiger charge is -2.10. The lowest BCUT2D eigenvalue weighted by molar-refractivity contribution is -0.141. The molecule has 22 heavy (non-hydrogen) atoms. The van der Waals surface area contributed by atoms with E-state index in [4.69, 9.17) is 10.5 Å². The van der Waals surface area contributed by atoms with Crippen molar-refractivity contribution >= 4 is 22.7 Å². The molecule has 0 spiro atoms. The molecule has 1 atom stereocenters. The average molecular weight is 302 g/mol. The van der Waals surface area contributed by atoms with E-state index in [9.17, 15) is 9.90 Å². The van der Waals surface area contributed by atoms with E-state index < -0.39 is 11.9 Å². The van der Waals surface area contributed by atoms with Crippen LogP contribution in [-0.4, -0.2) is 22.7 Å². The van der Waals surface area contributed by atoms with E-state index >= 15 is 0 Å². The number of hydrogen-bond donors (Lipinski definition) is 3. The quantitative estimate of drug-likeness (QED) is 0.733. The minimum absolute atomic E-state index is 0.419. The number of aromatic amines is 1. The highest BCUT2D eigenvalue weighted by atomic mass is 16.5. The molecule has 1 aliphatic rings. The zero-order chi connectivity index (χ0) is 15.7. The number of fused-ring (bicyclic) bond motifs is 1. The van der Waals surface area contributed by atoms with E-state index in [1.807, 2.05) is 25.1 Å². The number of aliphatic carboxylic acids is 1. The number of anilines is 1. The number of rotatable bonds is 7. The molecular formula is C17H22N2O3. The van der Waals surface area contributed by atoms with Gasteiger partial charge < -0.3 is 20.6 Å². The standard InChI is InChI=1S/C17H22N2O3/c1-2-11(17(20)21)7-14-13-8-12(22-9-10-3-4-10)5-6-15(13)19-16(14)18/h5-6,8,10-11,19H,2-4,7,9,18H2,1H3,(H,20,21). The summed E-state index contributed by atoms with van der Waals surface area (Å²) in [5, 5.41) is 10.2. The summed E-state index contributed by atoms with van der Waals surface area (Å²) in [5.74, 6) is 0.870. The van der Waals surface area contributed by atoms with Gasteiger partial charge in [-0.1, -0.05) is 6.92 Å². The molecule has 4 N–H and O–H groups in total. The lowest BCUT2D eigenvalue weighted by atomic mass is 9.96. The molecule has 0 aliphatic heterocycles. The van der Waals surface area contributed by atoms with Gasteiger partial charge in [0.15, 0.2) is 0 Å². The molecule has 1 aliphatic carbocycles. The van der Waals surface area contributed by atoms with Gasteiger partial charge in [0.2, 0.25) is 0 Å². The van der Waals surface area contributed by atoms with Gasteiger partial charge in [-0.05, 0) is 49.8 Å². The van der Waals surface area contributed by atoms with Gasteiger partial charge in [-0.2, -0.15) is 0 Å². The molecule has 1 aromatic heterocycles. The number of benzene rings is 1. The summed E-state index contributed by atoms with van der Waals surface area (Å²) in [6, 6.07) is 5.84. The summed E-state index contributed by atoms with van der Waals surface area (Å²) in [5.41, 5.74) is 7.85. The molecule has 0 bridgehead atoms. The molecule has 1 unspecified atom stereocenters. The maximum atomic E-state index is 11.3. The molecule has 1 fully saturated rings. The molecule has 0 saturated heterocycles. The number of nitrogens with one attached hydrogen (secondary N) is 1. The monoisotopic (exact) mass is 302 g/mol. The average Bonchev–Trinajstić information content (AvgIpc) is 3.26. The number of ether oxygens (including phenoxy) is 1. The number of nitrogens with two attached hydrogens (primary N) is 1. The van der Waals surface area contributed by atoms with Gasteiger partial charge in [-0.3, -0.25) is 4.79 Å². The summed E-state index contributed by atoms with van der Waals surface area (Å²) >= 11 is 0. The van der Waals surface area contributed by atoms with E-state index in [2.05, 4.69) is 4.98 Å². The molecule has 1 aromatic carbocycles. The SMILES string of the molecule is CCC(Cc1c(N)[nH]c2ccc(OCC3CC3)cc12)C(=O)O. The van der Waals surface area contributed by atoms with Gasteiger partial charge >= 0.3 is 5.97 Å². The summed E-state index contributed by atoms with van der Waals surface area (Å²) < 4.78 is 5.81. The first-order valence-electron chi connectivity index (χ1n) is 7.84. The van der Waals surface area contributed by atoms with Crippen molar-refractivity contribution in [2.24, 2.45) is 11.8 Å². The van der Waals surface area contributed by atoms with Crippen LogP contribution < -0.4 is 10.5 Å². The third kappa shape index (κ3) is 3.03. The minimum Gasteiger partial charge on any atom is -0.493 e. The zero-order valence-electron chi connectivity index (χ0n) is 12.8. The fraction of sp³-hybridized carbons (Fsp3) is 0.471. The largest absolute Gasteiger partial charge is 0.493 e. The van der Waals surface area contributed by atoms with Crippen molar-refractivity contribution in [3.63, 3.8) is 0 Å². The van der Waals surface area contributed by atoms with Crippen LogP contribution >= 0.6 is 0 Å². The molecule has 3 rings (SSSR count). The Labute approximate surface area is 129 Å². The van der Waals surface area contributed by atoms with Crippen LogP contribution in [0.5, 0.6) is 5.75 Å². The number of aromatic nitrogens is 1. The molecular weight excluding hydrogens is 280 g/mol. The van der Waals surface area contributed by atoms with Crippen LogP contribution in [0.15, 0.2) is 18.2 Å². The molecule has 0 radical (unpaired) electrons. The third-order valence-corrected chi connectivity index (χ3v) is 4.39. The van der Waals surface area contributed by atoms with Crippen LogP contribution in [0.4, 0.5) is 5.82 Å². The summed E-state index contributed by atoms with van der Waals surface area (Å²) in [6.45, 7) is 2.64. The Balaban J connectivity index is 1.88. The Morgan fingerprint density at radius 3 is 2.91 bits per heavy atom. The van der Waals surface area contributed by atoms with Gasteiger partial charge in [-0.15, -0.1) is 0 Å². The highest BCUT2D eigenvalue weighted by molar-refractivity contribution is 5.90. The number of H-pyrrole nitrogens is 1. The Hall–Kier alpha value is -2.17. The van der Waals surface area contributed by atoms with E-state index in [1.165, 1.54) is 12.8 Å². The number of carboxylic acids is 1. The second-order valence-corrected chi connectivity index (χ2v) is 6.13. The molecule has 5 nitrogen and oxygen atoms in total. The van der Waals surface area contributed by atoms with Crippen molar-refractivity contribution in [2.75, 3.05) is 12.3 Å². The van der Waals surface area contributed by atoms with Crippen molar-refractivity contribution in [1.82, 2.24) is 4.98 Å². The topological polar surface area (TPSA) is 88.3 Å². The summed E-state index contributed by atoms with van der Waals surface area (Å²) in [6.07, 6.45) is 3.52. The third-order valence-electron chi connectivity index (χ3n) is 4.39. The molecule has 1 heterocycles. The summed E-state index contributed by atoms with van der Waals surface area (Å²) in [4.78, 5) is 14.4. The predicted octanol–water partition coefficient (Wildman–Crippen LogP) is 3.19. The van der Waals surface area contributed by atoms with Crippen LogP contribution in [0.25, 0.3) is 10.9 Å². The van der Waals surface area contributed by atoms with Gasteiger partial charge in [0.05, 0.1) is 12.5 Å². The van der Waals surface area contributed by atoms with Crippen LogP contribution in [-0.2, 0) is 11.2 Å². The van der Waals surface area contributed by atoms with Gasteiger partial charge in [0, 0.05) is 16.5 Å². The maximum absolute atomic E-state index is 11.3. The molecule has 118 valence electrons. The first kappa shape index (κ1) is 14.8. The van der Waals surface area contributed by atoms with Crippen LogP contribution in [0.2, 0.25) is 0 Å². The molecule has 2 aromatic rings. The van der Waals surface area contributed by atoms with E-state index in [0.29, 0.717) is 24.6 Å². The smallest absolute Gasteiger partial charge is 0.306 e. The van der Waals surface area contributed by atoms with E-state index in [0.717, 1.165) is 28.8 Å². The Morgan fingerprint density at radius 2 is 2.27 bits per heavy atom.